The molecule has 0 saturated heterocycles. The van der Waals surface area contributed by atoms with Gasteiger partial charge < -0.3 is 10.1 Å². The van der Waals surface area contributed by atoms with E-state index in [-0.39, 0.29) is 12.0 Å². The van der Waals surface area contributed by atoms with Crippen LogP contribution in [0.3, 0.4) is 0 Å². The molecule has 0 radical (unpaired) electrons. The second kappa shape index (κ2) is 5.32. The third-order valence-corrected chi connectivity index (χ3v) is 3.34. The topological polar surface area (TPSA) is 38.3 Å². The minimum atomic E-state index is -0.171. The van der Waals surface area contributed by atoms with Crippen LogP contribution in [0, 0.1) is 0 Å². The molecule has 1 aliphatic rings. The van der Waals surface area contributed by atoms with Crippen LogP contribution in [-0.2, 0) is 9.53 Å². The zero-order valence-electron chi connectivity index (χ0n) is 10.4. The summed E-state index contributed by atoms with van der Waals surface area (Å²) in [5.74, 6) is 0.523. The molecule has 92 valence electrons. The minimum Gasteiger partial charge on any atom is -0.469 e. The summed E-state index contributed by atoms with van der Waals surface area (Å²) < 4.78 is 4.74. The highest BCUT2D eigenvalue weighted by Crippen LogP contribution is 2.43. The van der Waals surface area contributed by atoms with E-state index in [0.717, 1.165) is 0 Å². The van der Waals surface area contributed by atoms with Gasteiger partial charge in [0.15, 0.2) is 0 Å². The lowest BCUT2D eigenvalue weighted by Gasteiger charge is -2.19. The molecule has 0 heterocycles. The molecule has 0 amide bonds. The summed E-state index contributed by atoms with van der Waals surface area (Å²) in [6, 6.07) is 8.44. The van der Waals surface area contributed by atoms with Gasteiger partial charge in [-0.15, -0.1) is 0 Å². The molecule has 17 heavy (non-hydrogen) atoms. The van der Waals surface area contributed by atoms with E-state index in [9.17, 15) is 4.79 Å². The normalized spacial score (nSPS) is 16.6. The van der Waals surface area contributed by atoms with Crippen molar-refractivity contribution in [3.05, 3.63) is 35.4 Å². The maximum absolute atomic E-state index is 11.4. The Bertz CT molecular complexity index is 399. The number of carbonyl (C=O) groups is 1. The Kier molecular flexibility index (Phi) is 3.79. The first kappa shape index (κ1) is 12.1. The molecule has 0 bridgehead atoms. The van der Waals surface area contributed by atoms with E-state index in [1.165, 1.54) is 31.1 Å². The first-order valence-electron chi connectivity index (χ1n) is 6.09. The lowest BCUT2D eigenvalue weighted by atomic mass is 9.95. The number of esters is 1. The molecule has 0 spiro atoms. The van der Waals surface area contributed by atoms with Gasteiger partial charge in [0.25, 0.3) is 0 Å². The fraction of sp³-hybridized carbons (Fsp3) is 0.500. The Morgan fingerprint density at radius 1 is 1.47 bits per heavy atom. The molecule has 3 heteroatoms. The molecular formula is C14H19NO2. The SMILES string of the molecule is CNC(CC(=O)OC)c1ccccc1C1CC1. The first-order valence-corrected chi connectivity index (χ1v) is 6.09. The molecule has 1 saturated carbocycles. The van der Waals surface area contributed by atoms with Gasteiger partial charge >= 0.3 is 5.97 Å². The van der Waals surface area contributed by atoms with E-state index >= 15 is 0 Å². The molecule has 1 aromatic rings. The van der Waals surface area contributed by atoms with E-state index in [1.807, 2.05) is 13.1 Å². The van der Waals surface area contributed by atoms with E-state index in [2.05, 4.69) is 23.5 Å². The molecule has 2 rings (SSSR count). The summed E-state index contributed by atoms with van der Waals surface area (Å²) in [5.41, 5.74) is 2.62. The number of methoxy groups -OCH3 is 1. The molecule has 3 nitrogen and oxygen atoms in total. The van der Waals surface area contributed by atoms with Crippen molar-refractivity contribution in [2.75, 3.05) is 14.2 Å². The van der Waals surface area contributed by atoms with Crippen LogP contribution in [0.15, 0.2) is 24.3 Å². The van der Waals surface area contributed by atoms with Crippen LogP contribution in [0.5, 0.6) is 0 Å². The zero-order valence-corrected chi connectivity index (χ0v) is 10.4. The van der Waals surface area contributed by atoms with E-state index in [0.29, 0.717) is 12.3 Å². The van der Waals surface area contributed by atoms with Crippen molar-refractivity contribution in [1.82, 2.24) is 5.32 Å². The average molecular weight is 233 g/mol. The zero-order chi connectivity index (χ0) is 12.3. The minimum absolute atomic E-state index is 0.0549. The van der Waals surface area contributed by atoms with Crippen molar-refractivity contribution >= 4 is 5.97 Å². The molecular weight excluding hydrogens is 214 g/mol. The van der Waals surface area contributed by atoms with Crippen LogP contribution in [0.2, 0.25) is 0 Å². The summed E-state index contributed by atoms with van der Waals surface area (Å²) in [5, 5.41) is 3.21. The fourth-order valence-corrected chi connectivity index (χ4v) is 2.21. The number of ether oxygens (including phenoxy) is 1. The Morgan fingerprint density at radius 2 is 2.18 bits per heavy atom. The van der Waals surface area contributed by atoms with Crippen LogP contribution >= 0.6 is 0 Å². The standard InChI is InChI=1S/C14H19NO2/c1-15-13(9-14(16)17-2)12-6-4-3-5-11(12)10-7-8-10/h3-6,10,13,15H,7-9H2,1-2H3. The van der Waals surface area contributed by atoms with Gasteiger partial charge in [0.1, 0.15) is 0 Å². The predicted octanol–water partition coefficient (Wildman–Crippen LogP) is 2.39. The number of nitrogens with one attached hydrogen (secondary N) is 1. The summed E-state index contributed by atoms with van der Waals surface area (Å²) >= 11 is 0. The number of hydrogen-bond acceptors (Lipinski definition) is 3. The Balaban J connectivity index is 2.20. The van der Waals surface area contributed by atoms with Crippen LogP contribution < -0.4 is 5.32 Å². The summed E-state index contributed by atoms with van der Waals surface area (Å²) in [7, 11) is 3.32. The predicted molar refractivity (Wildman–Crippen MR) is 66.9 cm³/mol. The lowest BCUT2D eigenvalue weighted by Crippen LogP contribution is -2.21. The molecule has 0 aromatic heterocycles. The van der Waals surface area contributed by atoms with E-state index < -0.39 is 0 Å². The molecule has 1 N–H and O–H groups in total. The van der Waals surface area contributed by atoms with Crippen molar-refractivity contribution in [3.63, 3.8) is 0 Å². The van der Waals surface area contributed by atoms with Crippen LogP contribution in [-0.4, -0.2) is 20.1 Å². The van der Waals surface area contributed by atoms with Crippen molar-refractivity contribution in [2.45, 2.75) is 31.2 Å². The van der Waals surface area contributed by atoms with Crippen LogP contribution in [0.4, 0.5) is 0 Å². The van der Waals surface area contributed by atoms with Gasteiger partial charge in [-0.05, 0) is 36.9 Å². The van der Waals surface area contributed by atoms with Crippen LogP contribution in [0.25, 0.3) is 0 Å². The number of rotatable bonds is 5. The molecule has 1 unspecified atom stereocenters. The number of benzene rings is 1. The van der Waals surface area contributed by atoms with Gasteiger partial charge in [0.05, 0.1) is 13.5 Å². The molecule has 1 fully saturated rings. The van der Waals surface area contributed by atoms with Gasteiger partial charge in [0.2, 0.25) is 0 Å². The Hall–Kier alpha value is -1.35. The van der Waals surface area contributed by atoms with Crippen molar-refractivity contribution < 1.29 is 9.53 Å². The average Bonchev–Trinajstić information content (AvgIpc) is 3.20. The van der Waals surface area contributed by atoms with Gasteiger partial charge in [-0.2, -0.15) is 0 Å². The quantitative estimate of drug-likeness (QED) is 0.794. The second-order valence-corrected chi connectivity index (χ2v) is 4.52. The van der Waals surface area contributed by atoms with Gasteiger partial charge in [-0.1, -0.05) is 24.3 Å². The lowest BCUT2D eigenvalue weighted by molar-refractivity contribution is -0.141. The van der Waals surface area contributed by atoms with E-state index in [4.69, 9.17) is 4.74 Å². The Labute approximate surface area is 102 Å². The summed E-state index contributed by atoms with van der Waals surface area (Å²) in [6.45, 7) is 0. The highest BCUT2D eigenvalue weighted by atomic mass is 16.5. The maximum atomic E-state index is 11.4. The third kappa shape index (κ3) is 2.86. The summed E-state index contributed by atoms with van der Waals surface area (Å²) in [4.78, 5) is 11.4. The molecule has 1 atom stereocenters. The molecule has 1 aromatic carbocycles. The van der Waals surface area contributed by atoms with Crippen LogP contribution in [0.1, 0.15) is 42.3 Å². The molecule has 1 aliphatic carbocycles. The highest BCUT2D eigenvalue weighted by molar-refractivity contribution is 5.70. The van der Waals surface area contributed by atoms with Gasteiger partial charge in [-0.25, -0.2) is 0 Å². The van der Waals surface area contributed by atoms with Gasteiger partial charge in [0, 0.05) is 6.04 Å². The Morgan fingerprint density at radius 3 is 2.76 bits per heavy atom. The van der Waals surface area contributed by atoms with Crippen molar-refractivity contribution in [3.8, 4) is 0 Å². The van der Waals surface area contributed by atoms with Crippen molar-refractivity contribution in [1.29, 1.82) is 0 Å². The maximum Gasteiger partial charge on any atom is 0.307 e. The monoisotopic (exact) mass is 233 g/mol. The molecule has 0 aliphatic heterocycles. The first-order chi connectivity index (χ1) is 8.26. The largest absolute Gasteiger partial charge is 0.469 e. The summed E-state index contributed by atoms with van der Waals surface area (Å²) in [6.07, 6.45) is 2.92. The third-order valence-electron chi connectivity index (χ3n) is 3.34. The number of carbonyl (C=O) groups excluding carboxylic acids is 1. The number of hydrogen-bond donors (Lipinski definition) is 1. The van der Waals surface area contributed by atoms with Gasteiger partial charge in [-0.3, -0.25) is 4.79 Å². The van der Waals surface area contributed by atoms with E-state index in [1.54, 1.807) is 0 Å². The fourth-order valence-electron chi connectivity index (χ4n) is 2.21. The smallest absolute Gasteiger partial charge is 0.307 e. The van der Waals surface area contributed by atoms with Crippen molar-refractivity contribution in [2.24, 2.45) is 0 Å². The second-order valence-electron chi connectivity index (χ2n) is 4.52. The highest BCUT2D eigenvalue weighted by Gasteiger charge is 2.28.